The van der Waals surface area contributed by atoms with Gasteiger partial charge in [0.25, 0.3) is 0 Å². The van der Waals surface area contributed by atoms with Gasteiger partial charge in [0.15, 0.2) is 23.8 Å². The lowest BCUT2D eigenvalue weighted by Crippen LogP contribution is -2.39. The molecule has 0 aliphatic carbocycles. The molecule has 2 heterocycles. The maximum absolute atomic E-state index is 12.4. The van der Waals surface area contributed by atoms with Crippen LogP contribution in [0.15, 0.2) is 23.3 Å². The molecule has 0 bridgehead atoms. The highest BCUT2D eigenvalue weighted by Crippen LogP contribution is 2.21. The maximum atomic E-state index is 12.4. The lowest BCUT2D eigenvalue weighted by Gasteiger charge is -2.27. The van der Waals surface area contributed by atoms with E-state index in [0.29, 0.717) is 37.1 Å². The number of esters is 2. The molecule has 0 spiro atoms. The summed E-state index contributed by atoms with van der Waals surface area (Å²) in [5.41, 5.74) is 1.39. The molecule has 0 amide bonds. The molecule has 0 N–H and O–H groups in total. The van der Waals surface area contributed by atoms with Crippen LogP contribution in [-0.4, -0.2) is 85.8 Å². The molecule has 0 saturated heterocycles. The number of hydrogen-bond acceptors (Lipinski definition) is 8. The predicted octanol–water partition coefficient (Wildman–Crippen LogP) is 1.29. The van der Waals surface area contributed by atoms with Crippen LogP contribution in [0.2, 0.25) is 0 Å². The minimum Gasteiger partial charge on any atom is -0.441 e. The van der Waals surface area contributed by atoms with Crippen molar-refractivity contribution in [2.75, 3.05) is 40.3 Å². The summed E-state index contributed by atoms with van der Waals surface area (Å²) in [7, 11) is 3.91. The molecule has 8 heteroatoms. The molecule has 2 aliphatic rings. The van der Waals surface area contributed by atoms with Gasteiger partial charge in [-0.1, -0.05) is 26.0 Å². The zero-order valence-electron chi connectivity index (χ0n) is 18.3. The second kappa shape index (κ2) is 11.2. The molecule has 2 atom stereocenters. The van der Waals surface area contributed by atoms with Crippen molar-refractivity contribution in [1.29, 1.82) is 0 Å². The first-order valence-corrected chi connectivity index (χ1v) is 10.5. The van der Waals surface area contributed by atoms with Gasteiger partial charge < -0.3 is 19.3 Å². The van der Waals surface area contributed by atoms with Crippen molar-refractivity contribution in [2.24, 2.45) is 0 Å². The Kier molecular flexibility index (Phi) is 8.92. The molecule has 8 nitrogen and oxygen atoms in total. The van der Waals surface area contributed by atoms with Crippen molar-refractivity contribution in [2.45, 2.75) is 51.7 Å². The summed E-state index contributed by atoms with van der Waals surface area (Å²) in [4.78, 5) is 53.7. The first kappa shape index (κ1) is 24.0. The Bertz CT molecular complexity index is 680. The fraction of sp³-hybridized carbons (Fsp3) is 0.636. The van der Waals surface area contributed by atoms with Crippen LogP contribution in [-0.2, 0) is 28.7 Å². The molecule has 166 valence electrons. The predicted molar refractivity (Wildman–Crippen MR) is 111 cm³/mol. The summed E-state index contributed by atoms with van der Waals surface area (Å²) >= 11 is 0. The molecule has 0 aromatic carbocycles. The van der Waals surface area contributed by atoms with Crippen molar-refractivity contribution in [3.63, 3.8) is 0 Å². The summed E-state index contributed by atoms with van der Waals surface area (Å²) in [5, 5.41) is 0. The quantitative estimate of drug-likeness (QED) is 0.329. The highest BCUT2D eigenvalue weighted by Gasteiger charge is 2.34. The van der Waals surface area contributed by atoms with E-state index >= 15 is 0 Å². The van der Waals surface area contributed by atoms with E-state index < -0.39 is 24.1 Å². The fourth-order valence-electron chi connectivity index (χ4n) is 3.43. The van der Waals surface area contributed by atoms with Crippen molar-refractivity contribution >= 4 is 23.5 Å². The lowest BCUT2D eigenvalue weighted by atomic mass is 9.98. The standard InChI is InChI=1S/C22H32N2O6/c1-5-17(25)19(15-7-11-23(3)12-8-15)29-21(27)22(28)30-20(18(26)6-2)16-9-13-24(4)14-10-16/h7,9,19-20H,5-6,8,10-14H2,1-4H3. The van der Waals surface area contributed by atoms with Crippen LogP contribution in [0.4, 0.5) is 0 Å². The largest absolute Gasteiger partial charge is 0.441 e. The highest BCUT2D eigenvalue weighted by atomic mass is 16.6. The van der Waals surface area contributed by atoms with Gasteiger partial charge in [-0.25, -0.2) is 9.59 Å². The van der Waals surface area contributed by atoms with E-state index in [9.17, 15) is 19.2 Å². The van der Waals surface area contributed by atoms with Crippen LogP contribution in [0.3, 0.4) is 0 Å². The Morgan fingerprint density at radius 2 is 1.17 bits per heavy atom. The summed E-state index contributed by atoms with van der Waals surface area (Å²) in [6, 6.07) is 0. The van der Waals surface area contributed by atoms with E-state index in [0.717, 1.165) is 13.1 Å². The molecule has 2 rings (SSSR count). The number of ketones is 2. The van der Waals surface area contributed by atoms with E-state index in [1.54, 1.807) is 13.8 Å². The van der Waals surface area contributed by atoms with Crippen LogP contribution < -0.4 is 0 Å². The number of Topliss-reactive ketones (excluding diaryl/α,β-unsaturated/α-hetero) is 2. The average Bonchev–Trinajstić information content (AvgIpc) is 2.75. The van der Waals surface area contributed by atoms with Crippen molar-refractivity contribution < 1.29 is 28.7 Å². The van der Waals surface area contributed by atoms with Gasteiger partial charge in [0.05, 0.1) is 0 Å². The molecular weight excluding hydrogens is 388 g/mol. The Morgan fingerprint density at radius 3 is 1.43 bits per heavy atom. The monoisotopic (exact) mass is 420 g/mol. The van der Waals surface area contributed by atoms with Crippen LogP contribution in [0.1, 0.15) is 39.5 Å². The SMILES string of the molecule is CCC(=O)C(OC(=O)C(=O)OC(C(=O)CC)C1=CCN(C)CC1)C1=CCN(C)CC1. The number of likely N-dealkylation sites (N-methyl/N-ethyl adjacent to an activating group) is 2. The molecule has 2 unspecified atom stereocenters. The van der Waals surface area contributed by atoms with Crippen molar-refractivity contribution in [3.05, 3.63) is 23.3 Å². The van der Waals surface area contributed by atoms with Crippen LogP contribution in [0.25, 0.3) is 0 Å². The molecule has 0 fully saturated rings. The molecule has 2 aliphatic heterocycles. The Labute approximate surface area is 177 Å². The van der Waals surface area contributed by atoms with E-state index in [1.807, 2.05) is 26.2 Å². The third kappa shape index (κ3) is 6.34. The van der Waals surface area contributed by atoms with Crippen molar-refractivity contribution in [3.8, 4) is 0 Å². The Morgan fingerprint density at radius 1 is 0.800 bits per heavy atom. The first-order valence-electron chi connectivity index (χ1n) is 10.5. The normalized spacial score (nSPS) is 19.9. The zero-order valence-corrected chi connectivity index (χ0v) is 18.3. The highest BCUT2D eigenvalue weighted by molar-refractivity contribution is 6.30. The van der Waals surface area contributed by atoms with E-state index in [4.69, 9.17) is 9.47 Å². The van der Waals surface area contributed by atoms with Crippen LogP contribution >= 0.6 is 0 Å². The van der Waals surface area contributed by atoms with Gasteiger partial charge >= 0.3 is 11.9 Å². The lowest BCUT2D eigenvalue weighted by molar-refractivity contribution is -0.174. The Balaban J connectivity index is 2.10. The number of hydrogen-bond donors (Lipinski definition) is 0. The number of ether oxygens (including phenoxy) is 2. The minimum atomic E-state index is -1.25. The van der Waals surface area contributed by atoms with Gasteiger partial charge in [0, 0.05) is 39.0 Å². The molecule has 0 aromatic heterocycles. The van der Waals surface area contributed by atoms with Gasteiger partial charge in [0.1, 0.15) is 0 Å². The smallest absolute Gasteiger partial charge is 0.418 e. The Hall–Kier alpha value is -2.32. The van der Waals surface area contributed by atoms with Gasteiger partial charge in [-0.15, -0.1) is 0 Å². The van der Waals surface area contributed by atoms with Gasteiger partial charge in [-0.05, 0) is 38.1 Å². The molecule has 30 heavy (non-hydrogen) atoms. The summed E-state index contributed by atoms with van der Waals surface area (Å²) in [5.74, 6) is -3.04. The second-order valence-corrected chi connectivity index (χ2v) is 7.79. The maximum Gasteiger partial charge on any atom is 0.418 e. The number of rotatable bonds is 8. The number of carbonyl (C=O) groups is 4. The van der Waals surface area contributed by atoms with Crippen molar-refractivity contribution in [1.82, 2.24) is 9.80 Å². The second-order valence-electron chi connectivity index (χ2n) is 7.79. The fourth-order valence-corrected chi connectivity index (χ4v) is 3.43. The van der Waals surface area contributed by atoms with Gasteiger partial charge in [-0.2, -0.15) is 0 Å². The summed E-state index contributed by atoms with van der Waals surface area (Å²) in [6.07, 6.45) is 3.03. The van der Waals surface area contributed by atoms with Gasteiger partial charge in [0.2, 0.25) is 0 Å². The summed E-state index contributed by atoms with van der Waals surface area (Å²) < 4.78 is 10.5. The topological polar surface area (TPSA) is 93.2 Å². The van der Waals surface area contributed by atoms with E-state index in [2.05, 4.69) is 9.80 Å². The molecule has 0 radical (unpaired) electrons. The minimum absolute atomic E-state index is 0.178. The zero-order chi connectivity index (χ0) is 22.3. The van der Waals surface area contributed by atoms with Crippen LogP contribution in [0, 0.1) is 0 Å². The number of carbonyl (C=O) groups excluding carboxylic acids is 4. The molecule has 0 aromatic rings. The number of nitrogens with zero attached hydrogens (tertiary/aromatic N) is 2. The third-order valence-electron chi connectivity index (χ3n) is 5.47. The van der Waals surface area contributed by atoms with E-state index in [1.165, 1.54) is 0 Å². The average molecular weight is 421 g/mol. The third-order valence-corrected chi connectivity index (χ3v) is 5.47. The molecular formula is C22H32N2O6. The van der Waals surface area contributed by atoms with Gasteiger partial charge in [-0.3, -0.25) is 9.59 Å². The van der Waals surface area contributed by atoms with E-state index in [-0.39, 0.29) is 24.4 Å². The molecule has 0 saturated carbocycles. The summed E-state index contributed by atoms with van der Waals surface area (Å²) in [6.45, 7) is 6.11. The first-order chi connectivity index (χ1) is 14.3. The van der Waals surface area contributed by atoms with Crippen LogP contribution in [0.5, 0.6) is 0 Å².